The molecule has 27 heavy (non-hydrogen) atoms. The van der Waals surface area contributed by atoms with E-state index in [1.165, 1.54) is 12.4 Å². The average Bonchev–Trinajstić information content (AvgIpc) is 3.07. The first kappa shape index (κ1) is 18.1. The van der Waals surface area contributed by atoms with Gasteiger partial charge in [-0.2, -0.15) is 0 Å². The van der Waals surface area contributed by atoms with E-state index in [4.69, 9.17) is 9.26 Å². The van der Waals surface area contributed by atoms with E-state index in [0.717, 1.165) is 0 Å². The summed E-state index contributed by atoms with van der Waals surface area (Å²) in [7, 11) is 0. The van der Waals surface area contributed by atoms with Gasteiger partial charge in [0.2, 0.25) is 0 Å². The first-order chi connectivity index (χ1) is 13.0. The van der Waals surface area contributed by atoms with Gasteiger partial charge in [-0.1, -0.05) is 5.16 Å². The zero-order valence-corrected chi connectivity index (χ0v) is 14.7. The van der Waals surface area contributed by atoms with E-state index in [9.17, 15) is 9.59 Å². The molecule has 0 saturated carbocycles. The minimum Gasteiger partial charge on any atom is -0.462 e. The topological polar surface area (TPSA) is 119 Å². The van der Waals surface area contributed by atoms with Crippen LogP contribution in [-0.4, -0.2) is 33.6 Å². The fraction of sp³-hybridized carbons (Fsp3) is 0.167. The summed E-state index contributed by atoms with van der Waals surface area (Å²) in [5.41, 5.74) is 1.31. The molecule has 0 fully saturated rings. The highest BCUT2D eigenvalue weighted by Gasteiger charge is 2.12. The number of carbonyl (C=O) groups is 2. The molecule has 9 heteroatoms. The van der Waals surface area contributed by atoms with Gasteiger partial charge in [0.05, 0.1) is 12.2 Å². The van der Waals surface area contributed by atoms with Gasteiger partial charge in [-0.25, -0.2) is 14.8 Å². The Balaban J connectivity index is 1.68. The summed E-state index contributed by atoms with van der Waals surface area (Å²) in [6.45, 7) is 3.79. The Hall–Kier alpha value is -3.75. The number of aromatic nitrogens is 3. The van der Waals surface area contributed by atoms with Gasteiger partial charge in [0.15, 0.2) is 5.82 Å². The van der Waals surface area contributed by atoms with Gasteiger partial charge in [0.25, 0.3) is 5.91 Å². The van der Waals surface area contributed by atoms with Crippen molar-refractivity contribution in [2.45, 2.75) is 13.8 Å². The van der Waals surface area contributed by atoms with Crippen LogP contribution in [0.4, 0.5) is 17.3 Å². The Labute approximate surface area is 154 Å². The molecule has 3 aromatic rings. The van der Waals surface area contributed by atoms with Crippen LogP contribution in [0.1, 0.15) is 33.5 Å². The number of anilines is 3. The number of aryl methyl sites for hydroxylation is 1. The molecule has 1 aromatic carbocycles. The molecule has 0 unspecified atom stereocenters. The first-order valence-electron chi connectivity index (χ1n) is 8.16. The summed E-state index contributed by atoms with van der Waals surface area (Å²) in [5, 5.41) is 9.34. The van der Waals surface area contributed by atoms with E-state index in [2.05, 4.69) is 25.8 Å². The van der Waals surface area contributed by atoms with Crippen LogP contribution in [0, 0.1) is 6.92 Å². The maximum absolute atomic E-state index is 12.2. The highest BCUT2D eigenvalue weighted by molar-refractivity contribution is 6.02. The van der Waals surface area contributed by atoms with E-state index in [1.54, 1.807) is 44.2 Å². The third-order valence-electron chi connectivity index (χ3n) is 3.44. The van der Waals surface area contributed by atoms with E-state index < -0.39 is 5.91 Å². The standard InChI is InChI=1S/C18H17N5O4/c1-3-26-18(25)12-4-6-13(7-5-12)21-15-9-14(19-10-20-15)17(24)22-16-8-11(2)27-23-16/h4-10H,3H2,1-2H3,(H,19,20,21)(H,22,23,24). The molecule has 2 heterocycles. The molecule has 2 aromatic heterocycles. The Morgan fingerprint density at radius 2 is 1.89 bits per heavy atom. The van der Waals surface area contributed by atoms with Crippen LogP contribution in [0.25, 0.3) is 0 Å². The second kappa shape index (κ2) is 8.09. The van der Waals surface area contributed by atoms with Crippen molar-refractivity contribution < 1.29 is 18.8 Å². The second-order valence-electron chi connectivity index (χ2n) is 5.49. The van der Waals surface area contributed by atoms with Crippen LogP contribution >= 0.6 is 0 Å². The van der Waals surface area contributed by atoms with Gasteiger partial charge in [-0.3, -0.25) is 4.79 Å². The summed E-state index contributed by atoms with van der Waals surface area (Å²) < 4.78 is 9.85. The number of hydrogen-bond donors (Lipinski definition) is 2. The normalized spacial score (nSPS) is 10.3. The number of esters is 1. The summed E-state index contributed by atoms with van der Waals surface area (Å²) in [5.74, 6) is 0.497. The number of carbonyl (C=O) groups excluding carboxylic acids is 2. The van der Waals surface area contributed by atoms with Crippen molar-refractivity contribution >= 4 is 29.2 Å². The zero-order chi connectivity index (χ0) is 19.2. The monoisotopic (exact) mass is 367 g/mol. The van der Waals surface area contributed by atoms with E-state index in [0.29, 0.717) is 35.3 Å². The number of amides is 1. The third-order valence-corrected chi connectivity index (χ3v) is 3.44. The average molecular weight is 367 g/mol. The number of nitrogens with zero attached hydrogens (tertiary/aromatic N) is 3. The molecule has 138 valence electrons. The van der Waals surface area contributed by atoms with Crippen molar-refractivity contribution in [1.29, 1.82) is 0 Å². The molecule has 2 N–H and O–H groups in total. The van der Waals surface area contributed by atoms with Crippen molar-refractivity contribution in [3.8, 4) is 0 Å². The fourth-order valence-corrected chi connectivity index (χ4v) is 2.21. The molecule has 0 aliphatic rings. The number of benzene rings is 1. The van der Waals surface area contributed by atoms with Crippen LogP contribution in [0.5, 0.6) is 0 Å². The van der Waals surface area contributed by atoms with Crippen LogP contribution in [-0.2, 0) is 4.74 Å². The highest BCUT2D eigenvalue weighted by atomic mass is 16.5. The largest absolute Gasteiger partial charge is 0.462 e. The maximum Gasteiger partial charge on any atom is 0.338 e. The summed E-state index contributed by atoms with van der Waals surface area (Å²) in [6.07, 6.45) is 1.28. The van der Waals surface area contributed by atoms with Crippen molar-refractivity contribution in [2.75, 3.05) is 17.2 Å². The van der Waals surface area contributed by atoms with E-state index in [1.807, 2.05) is 0 Å². The first-order valence-corrected chi connectivity index (χ1v) is 8.16. The number of ether oxygens (including phenoxy) is 1. The molecule has 0 bridgehead atoms. The van der Waals surface area contributed by atoms with Crippen LogP contribution in [0.3, 0.4) is 0 Å². The van der Waals surface area contributed by atoms with Gasteiger partial charge in [-0.15, -0.1) is 0 Å². The summed E-state index contributed by atoms with van der Waals surface area (Å²) in [4.78, 5) is 32.0. The van der Waals surface area contributed by atoms with E-state index >= 15 is 0 Å². The molecule has 3 rings (SSSR count). The SMILES string of the molecule is CCOC(=O)c1ccc(Nc2cc(C(=O)Nc3cc(C)on3)ncn2)cc1. The molecule has 0 spiro atoms. The molecule has 0 atom stereocenters. The molecule has 1 amide bonds. The molecule has 9 nitrogen and oxygen atoms in total. The molecular weight excluding hydrogens is 350 g/mol. The van der Waals surface area contributed by atoms with Crippen LogP contribution in [0.2, 0.25) is 0 Å². The van der Waals surface area contributed by atoms with Crippen LogP contribution < -0.4 is 10.6 Å². The van der Waals surface area contributed by atoms with Gasteiger partial charge >= 0.3 is 5.97 Å². The molecular formula is C18H17N5O4. The van der Waals surface area contributed by atoms with Crippen molar-refractivity contribution in [2.24, 2.45) is 0 Å². The highest BCUT2D eigenvalue weighted by Crippen LogP contribution is 2.17. The number of nitrogens with one attached hydrogen (secondary N) is 2. The van der Waals surface area contributed by atoms with Gasteiger partial charge < -0.3 is 19.9 Å². The lowest BCUT2D eigenvalue weighted by molar-refractivity contribution is 0.0526. The van der Waals surface area contributed by atoms with Crippen LogP contribution in [0.15, 0.2) is 47.2 Å². The number of rotatable bonds is 6. The van der Waals surface area contributed by atoms with Crippen molar-refractivity contribution in [3.05, 3.63) is 59.7 Å². The molecule has 0 aliphatic heterocycles. The lowest BCUT2D eigenvalue weighted by atomic mass is 10.2. The lowest BCUT2D eigenvalue weighted by Crippen LogP contribution is -2.14. The van der Waals surface area contributed by atoms with Crippen molar-refractivity contribution in [3.63, 3.8) is 0 Å². The minimum atomic E-state index is -0.439. The Bertz CT molecular complexity index is 952. The smallest absolute Gasteiger partial charge is 0.338 e. The Morgan fingerprint density at radius 1 is 1.11 bits per heavy atom. The summed E-state index contributed by atoms with van der Waals surface area (Å²) >= 11 is 0. The zero-order valence-electron chi connectivity index (χ0n) is 14.7. The van der Waals surface area contributed by atoms with E-state index in [-0.39, 0.29) is 11.7 Å². The van der Waals surface area contributed by atoms with Gasteiger partial charge in [-0.05, 0) is 38.1 Å². The quantitative estimate of drug-likeness (QED) is 0.638. The Kier molecular flexibility index (Phi) is 5.41. The third kappa shape index (κ3) is 4.66. The summed E-state index contributed by atoms with van der Waals surface area (Å²) in [6, 6.07) is 9.81. The predicted molar refractivity (Wildman–Crippen MR) is 96.9 cm³/mol. The van der Waals surface area contributed by atoms with Gasteiger partial charge in [0.1, 0.15) is 23.6 Å². The second-order valence-corrected chi connectivity index (χ2v) is 5.49. The van der Waals surface area contributed by atoms with Crippen molar-refractivity contribution in [1.82, 2.24) is 15.1 Å². The molecule has 0 saturated heterocycles. The van der Waals surface area contributed by atoms with Gasteiger partial charge in [0, 0.05) is 17.8 Å². The lowest BCUT2D eigenvalue weighted by Gasteiger charge is -2.08. The molecule has 0 aliphatic carbocycles. The minimum absolute atomic E-state index is 0.163. The predicted octanol–water partition coefficient (Wildman–Crippen LogP) is 2.95. The Morgan fingerprint density at radius 3 is 2.56 bits per heavy atom. The number of hydrogen-bond acceptors (Lipinski definition) is 8. The molecule has 0 radical (unpaired) electrons. The fourth-order valence-electron chi connectivity index (χ4n) is 2.21. The maximum atomic E-state index is 12.2.